The molecule has 1 saturated carbocycles. The maximum atomic E-state index is 13.9. The summed E-state index contributed by atoms with van der Waals surface area (Å²) >= 11 is 0. The standard InChI is InChI=1S/C22H23FN2O3/c1-28-16-8-6-15(7-9-16)21(26)24-10-12-25(13-11-24)22(27)19-14-18(19)17-4-2-3-5-20(17)23/h2-9,18-19H,10-14H2,1H3. The minimum absolute atomic E-state index is 0.0207. The fraction of sp³-hybridized carbons (Fsp3) is 0.364. The zero-order chi connectivity index (χ0) is 19.7. The fourth-order valence-corrected chi connectivity index (χ4v) is 3.87. The first-order valence-electron chi connectivity index (χ1n) is 9.55. The van der Waals surface area contributed by atoms with E-state index in [-0.39, 0.29) is 29.5 Å². The molecule has 2 aliphatic rings. The summed E-state index contributed by atoms with van der Waals surface area (Å²) in [6, 6.07) is 13.7. The molecule has 4 rings (SSSR count). The van der Waals surface area contributed by atoms with E-state index in [1.165, 1.54) is 6.07 Å². The number of rotatable bonds is 4. The molecule has 1 aliphatic heterocycles. The molecule has 2 amide bonds. The molecule has 1 saturated heterocycles. The highest BCUT2D eigenvalue weighted by Crippen LogP contribution is 2.49. The monoisotopic (exact) mass is 382 g/mol. The highest BCUT2D eigenvalue weighted by molar-refractivity contribution is 5.94. The number of piperazine rings is 1. The summed E-state index contributed by atoms with van der Waals surface area (Å²) in [5, 5.41) is 0. The van der Waals surface area contributed by atoms with Gasteiger partial charge in [0.1, 0.15) is 11.6 Å². The van der Waals surface area contributed by atoms with Gasteiger partial charge in [-0.1, -0.05) is 18.2 Å². The summed E-state index contributed by atoms with van der Waals surface area (Å²) in [5.74, 6) is 0.349. The number of halogens is 1. The van der Waals surface area contributed by atoms with Gasteiger partial charge in [0.25, 0.3) is 5.91 Å². The van der Waals surface area contributed by atoms with E-state index >= 15 is 0 Å². The number of nitrogens with zero attached hydrogens (tertiary/aromatic N) is 2. The molecule has 2 atom stereocenters. The van der Waals surface area contributed by atoms with Crippen molar-refractivity contribution in [1.82, 2.24) is 9.80 Å². The van der Waals surface area contributed by atoms with E-state index in [1.54, 1.807) is 48.4 Å². The Kier molecular flexibility index (Phi) is 5.03. The molecular formula is C22H23FN2O3. The van der Waals surface area contributed by atoms with Crippen LogP contribution in [0.4, 0.5) is 4.39 Å². The number of carbonyl (C=O) groups excluding carboxylic acids is 2. The summed E-state index contributed by atoms with van der Waals surface area (Å²) in [7, 11) is 1.59. The van der Waals surface area contributed by atoms with Crippen LogP contribution < -0.4 is 4.74 Å². The summed E-state index contributed by atoms with van der Waals surface area (Å²) in [6.45, 7) is 2.05. The molecule has 0 N–H and O–H groups in total. The molecule has 0 radical (unpaired) electrons. The Morgan fingerprint density at radius 2 is 1.61 bits per heavy atom. The Morgan fingerprint density at radius 3 is 2.25 bits per heavy atom. The van der Waals surface area contributed by atoms with Gasteiger partial charge in [-0.25, -0.2) is 4.39 Å². The van der Waals surface area contributed by atoms with Gasteiger partial charge in [-0.3, -0.25) is 9.59 Å². The lowest BCUT2D eigenvalue weighted by Gasteiger charge is -2.35. The number of ether oxygens (including phenoxy) is 1. The van der Waals surface area contributed by atoms with Crippen LogP contribution in [0.15, 0.2) is 48.5 Å². The van der Waals surface area contributed by atoms with Gasteiger partial charge in [0.2, 0.25) is 5.91 Å². The van der Waals surface area contributed by atoms with E-state index < -0.39 is 0 Å². The Labute approximate surface area is 163 Å². The Balaban J connectivity index is 1.32. The Bertz CT molecular complexity index is 876. The molecule has 28 heavy (non-hydrogen) atoms. The topological polar surface area (TPSA) is 49.9 Å². The second-order valence-electron chi connectivity index (χ2n) is 7.32. The van der Waals surface area contributed by atoms with Gasteiger partial charge in [0.15, 0.2) is 0 Å². The lowest BCUT2D eigenvalue weighted by Crippen LogP contribution is -2.51. The predicted octanol–water partition coefficient (Wildman–Crippen LogP) is 2.92. The molecule has 6 heteroatoms. The first-order chi connectivity index (χ1) is 13.6. The highest BCUT2D eigenvalue weighted by Gasteiger charge is 2.47. The second kappa shape index (κ2) is 7.62. The summed E-state index contributed by atoms with van der Waals surface area (Å²) in [4.78, 5) is 29.0. The van der Waals surface area contributed by atoms with Crippen molar-refractivity contribution in [3.05, 3.63) is 65.5 Å². The normalized spacial score (nSPS) is 21.4. The van der Waals surface area contributed by atoms with Crippen molar-refractivity contribution < 1.29 is 18.7 Å². The molecule has 1 heterocycles. The second-order valence-corrected chi connectivity index (χ2v) is 7.32. The smallest absolute Gasteiger partial charge is 0.253 e. The van der Waals surface area contributed by atoms with Crippen LogP contribution in [0, 0.1) is 11.7 Å². The first kappa shape index (κ1) is 18.5. The molecule has 2 fully saturated rings. The van der Waals surface area contributed by atoms with Crippen LogP contribution in [0.5, 0.6) is 5.75 Å². The minimum Gasteiger partial charge on any atom is -0.497 e. The average molecular weight is 382 g/mol. The summed E-state index contributed by atoms with van der Waals surface area (Å²) in [5.41, 5.74) is 1.25. The Morgan fingerprint density at radius 1 is 0.964 bits per heavy atom. The van der Waals surface area contributed by atoms with Crippen LogP contribution in [0.2, 0.25) is 0 Å². The van der Waals surface area contributed by atoms with Gasteiger partial charge in [0.05, 0.1) is 7.11 Å². The first-order valence-corrected chi connectivity index (χ1v) is 9.55. The lowest BCUT2D eigenvalue weighted by molar-refractivity contribution is -0.134. The van der Waals surface area contributed by atoms with Crippen LogP contribution in [-0.2, 0) is 4.79 Å². The molecule has 0 spiro atoms. The van der Waals surface area contributed by atoms with Gasteiger partial charge in [-0.2, -0.15) is 0 Å². The van der Waals surface area contributed by atoms with Gasteiger partial charge in [0, 0.05) is 37.7 Å². The zero-order valence-electron chi connectivity index (χ0n) is 15.8. The number of carbonyl (C=O) groups is 2. The largest absolute Gasteiger partial charge is 0.497 e. The summed E-state index contributed by atoms with van der Waals surface area (Å²) in [6.07, 6.45) is 0.699. The quantitative estimate of drug-likeness (QED) is 0.817. The molecule has 1 aliphatic carbocycles. The van der Waals surface area contributed by atoms with E-state index in [9.17, 15) is 14.0 Å². The van der Waals surface area contributed by atoms with E-state index in [4.69, 9.17) is 4.74 Å². The third kappa shape index (κ3) is 3.59. The number of hydrogen-bond acceptors (Lipinski definition) is 3. The SMILES string of the molecule is COc1ccc(C(=O)N2CCN(C(=O)C3CC3c3ccccc3F)CC2)cc1. The maximum Gasteiger partial charge on any atom is 0.253 e. The zero-order valence-corrected chi connectivity index (χ0v) is 15.8. The number of benzene rings is 2. The number of hydrogen-bond donors (Lipinski definition) is 0. The third-order valence-electron chi connectivity index (χ3n) is 5.63. The van der Waals surface area contributed by atoms with E-state index in [0.29, 0.717) is 49.5 Å². The van der Waals surface area contributed by atoms with Crippen molar-refractivity contribution in [3.8, 4) is 5.75 Å². The summed E-state index contributed by atoms with van der Waals surface area (Å²) < 4.78 is 19.0. The van der Waals surface area contributed by atoms with Gasteiger partial charge in [-0.05, 0) is 48.2 Å². The van der Waals surface area contributed by atoms with Crippen molar-refractivity contribution in [2.75, 3.05) is 33.3 Å². The molecule has 146 valence electrons. The van der Waals surface area contributed by atoms with Gasteiger partial charge in [-0.15, -0.1) is 0 Å². The van der Waals surface area contributed by atoms with Crippen molar-refractivity contribution >= 4 is 11.8 Å². The minimum atomic E-state index is -0.238. The van der Waals surface area contributed by atoms with E-state index in [2.05, 4.69) is 0 Å². The van der Waals surface area contributed by atoms with E-state index in [1.807, 2.05) is 11.0 Å². The van der Waals surface area contributed by atoms with Gasteiger partial charge >= 0.3 is 0 Å². The molecule has 2 aromatic rings. The van der Waals surface area contributed by atoms with E-state index in [0.717, 1.165) is 0 Å². The molecule has 5 nitrogen and oxygen atoms in total. The van der Waals surface area contributed by atoms with Crippen molar-refractivity contribution in [3.63, 3.8) is 0 Å². The van der Waals surface area contributed by atoms with Crippen LogP contribution in [-0.4, -0.2) is 54.9 Å². The van der Waals surface area contributed by atoms with Crippen molar-refractivity contribution in [1.29, 1.82) is 0 Å². The lowest BCUT2D eigenvalue weighted by atomic mass is 10.1. The van der Waals surface area contributed by atoms with Crippen molar-refractivity contribution in [2.24, 2.45) is 5.92 Å². The highest BCUT2D eigenvalue weighted by atomic mass is 19.1. The average Bonchev–Trinajstić information content (AvgIpc) is 3.54. The number of methoxy groups -OCH3 is 1. The number of amides is 2. The van der Waals surface area contributed by atoms with Gasteiger partial charge < -0.3 is 14.5 Å². The third-order valence-corrected chi connectivity index (χ3v) is 5.63. The van der Waals surface area contributed by atoms with Crippen molar-refractivity contribution in [2.45, 2.75) is 12.3 Å². The molecule has 0 aromatic heterocycles. The Hall–Kier alpha value is -2.89. The predicted molar refractivity (Wildman–Crippen MR) is 103 cm³/mol. The van der Waals surface area contributed by atoms with Crippen LogP contribution in [0.3, 0.4) is 0 Å². The molecule has 2 unspecified atom stereocenters. The van der Waals surface area contributed by atoms with Crippen LogP contribution in [0.25, 0.3) is 0 Å². The fourth-order valence-electron chi connectivity index (χ4n) is 3.87. The van der Waals surface area contributed by atoms with Crippen LogP contribution >= 0.6 is 0 Å². The molecular weight excluding hydrogens is 359 g/mol. The molecule has 0 bridgehead atoms. The van der Waals surface area contributed by atoms with Crippen LogP contribution in [0.1, 0.15) is 28.3 Å². The molecule has 2 aromatic carbocycles. The maximum absolute atomic E-state index is 13.9.